The molecule has 118 valence electrons. The smallest absolute Gasteiger partial charge is 0.230 e. The molecule has 2 fully saturated rings. The molecule has 0 aliphatic carbocycles. The first-order valence-electron chi connectivity index (χ1n) is 8.11. The van der Waals surface area contributed by atoms with Gasteiger partial charge in [-0.2, -0.15) is 0 Å². The summed E-state index contributed by atoms with van der Waals surface area (Å²) in [6.45, 7) is 6.50. The summed E-state index contributed by atoms with van der Waals surface area (Å²) < 4.78 is 0. The molecule has 0 N–H and O–H groups in total. The molecule has 22 heavy (non-hydrogen) atoms. The number of rotatable bonds is 2. The zero-order valence-corrected chi connectivity index (χ0v) is 13.5. The Labute approximate surface area is 132 Å². The highest BCUT2D eigenvalue weighted by Crippen LogP contribution is 2.40. The molecule has 0 aromatic heterocycles. The minimum atomic E-state index is -0.326. The average Bonchev–Trinajstić information content (AvgIpc) is 2.90. The van der Waals surface area contributed by atoms with E-state index < -0.39 is 0 Å². The van der Waals surface area contributed by atoms with E-state index in [1.54, 1.807) is 6.92 Å². The van der Waals surface area contributed by atoms with Crippen LogP contribution in [0.5, 0.6) is 0 Å². The number of hydrogen-bond donors (Lipinski definition) is 0. The monoisotopic (exact) mass is 300 g/mol. The molecule has 2 aliphatic heterocycles. The summed E-state index contributed by atoms with van der Waals surface area (Å²) >= 11 is 0. The molecule has 1 aromatic rings. The van der Waals surface area contributed by atoms with Gasteiger partial charge < -0.3 is 9.80 Å². The van der Waals surface area contributed by atoms with Crippen LogP contribution >= 0.6 is 0 Å². The van der Waals surface area contributed by atoms with E-state index in [4.69, 9.17) is 0 Å². The van der Waals surface area contributed by atoms with Crippen LogP contribution in [0.4, 0.5) is 0 Å². The van der Waals surface area contributed by atoms with Crippen LogP contribution < -0.4 is 0 Å². The van der Waals surface area contributed by atoms with Gasteiger partial charge in [0.2, 0.25) is 11.8 Å². The number of likely N-dealkylation sites (tertiary alicyclic amines) is 2. The summed E-state index contributed by atoms with van der Waals surface area (Å²) in [5, 5.41) is 0. The summed E-state index contributed by atoms with van der Waals surface area (Å²) in [7, 11) is 0. The van der Waals surface area contributed by atoms with E-state index in [1.807, 2.05) is 15.9 Å². The van der Waals surface area contributed by atoms with Gasteiger partial charge in [0, 0.05) is 33.1 Å². The summed E-state index contributed by atoms with van der Waals surface area (Å²) in [6.07, 6.45) is 2.76. The molecule has 4 nitrogen and oxygen atoms in total. The summed E-state index contributed by atoms with van der Waals surface area (Å²) in [6, 6.07) is 8.34. The summed E-state index contributed by atoms with van der Waals surface area (Å²) in [5.41, 5.74) is 2.08. The van der Waals surface area contributed by atoms with E-state index in [-0.39, 0.29) is 17.2 Å². The molecule has 2 saturated heterocycles. The van der Waals surface area contributed by atoms with Crippen LogP contribution in [0.15, 0.2) is 24.3 Å². The number of aryl methyl sites for hydroxylation is 1. The summed E-state index contributed by atoms with van der Waals surface area (Å²) in [5.74, 6) is 0.324. The van der Waals surface area contributed by atoms with Crippen LogP contribution in [0, 0.1) is 12.3 Å². The number of carbonyl (C=O) groups excluding carboxylic acids is 2. The van der Waals surface area contributed by atoms with Crippen LogP contribution in [0.3, 0.4) is 0 Å². The SMILES string of the molecule is CC(=O)N1CCC2(CCCN(Cc3cccc(C)c3)C2=O)C1. The molecule has 0 saturated carbocycles. The van der Waals surface area contributed by atoms with Gasteiger partial charge in [0.25, 0.3) is 0 Å². The van der Waals surface area contributed by atoms with Crippen molar-refractivity contribution in [2.24, 2.45) is 5.41 Å². The minimum Gasteiger partial charge on any atom is -0.342 e. The predicted molar refractivity (Wildman–Crippen MR) is 85.1 cm³/mol. The van der Waals surface area contributed by atoms with Crippen molar-refractivity contribution in [3.63, 3.8) is 0 Å². The van der Waals surface area contributed by atoms with Gasteiger partial charge in [0.05, 0.1) is 5.41 Å². The molecule has 1 aromatic carbocycles. The van der Waals surface area contributed by atoms with Crippen LogP contribution in [0.1, 0.15) is 37.3 Å². The van der Waals surface area contributed by atoms with Gasteiger partial charge in [0.1, 0.15) is 0 Å². The van der Waals surface area contributed by atoms with Crippen molar-refractivity contribution in [1.29, 1.82) is 0 Å². The molecule has 2 amide bonds. The average molecular weight is 300 g/mol. The zero-order valence-electron chi connectivity index (χ0n) is 13.5. The Kier molecular flexibility index (Phi) is 3.94. The van der Waals surface area contributed by atoms with Crippen LogP contribution in [-0.2, 0) is 16.1 Å². The minimum absolute atomic E-state index is 0.0838. The van der Waals surface area contributed by atoms with Crippen LogP contribution in [-0.4, -0.2) is 41.2 Å². The van der Waals surface area contributed by atoms with E-state index in [1.165, 1.54) is 11.1 Å². The van der Waals surface area contributed by atoms with Crippen molar-refractivity contribution < 1.29 is 9.59 Å². The van der Waals surface area contributed by atoms with Gasteiger partial charge in [-0.3, -0.25) is 9.59 Å². The Morgan fingerprint density at radius 1 is 1.27 bits per heavy atom. The predicted octanol–water partition coefficient (Wildman–Crippen LogP) is 2.36. The molecule has 4 heteroatoms. The Bertz CT molecular complexity index is 599. The molecule has 2 heterocycles. The fraction of sp³-hybridized carbons (Fsp3) is 0.556. The third-order valence-corrected chi connectivity index (χ3v) is 5.08. The number of hydrogen-bond acceptors (Lipinski definition) is 2. The van der Waals surface area contributed by atoms with E-state index in [9.17, 15) is 9.59 Å². The van der Waals surface area contributed by atoms with E-state index >= 15 is 0 Å². The van der Waals surface area contributed by atoms with Crippen molar-refractivity contribution in [1.82, 2.24) is 9.80 Å². The maximum absolute atomic E-state index is 13.0. The first-order valence-corrected chi connectivity index (χ1v) is 8.11. The third kappa shape index (κ3) is 2.74. The molecule has 2 aliphatic rings. The lowest BCUT2D eigenvalue weighted by Gasteiger charge is -2.39. The Balaban J connectivity index is 1.75. The van der Waals surface area contributed by atoms with Gasteiger partial charge in [-0.1, -0.05) is 29.8 Å². The Hall–Kier alpha value is -1.84. The molecule has 1 spiro atoms. The van der Waals surface area contributed by atoms with Gasteiger partial charge in [-0.05, 0) is 31.7 Å². The van der Waals surface area contributed by atoms with Crippen molar-refractivity contribution in [3.05, 3.63) is 35.4 Å². The van der Waals surface area contributed by atoms with E-state index in [0.717, 1.165) is 32.4 Å². The second-order valence-corrected chi connectivity index (χ2v) is 6.79. The number of nitrogens with zero attached hydrogens (tertiary/aromatic N) is 2. The Morgan fingerprint density at radius 3 is 2.77 bits per heavy atom. The second-order valence-electron chi connectivity index (χ2n) is 6.79. The van der Waals surface area contributed by atoms with Crippen molar-refractivity contribution in [3.8, 4) is 0 Å². The van der Waals surface area contributed by atoms with Crippen molar-refractivity contribution >= 4 is 11.8 Å². The number of carbonyl (C=O) groups is 2. The summed E-state index contributed by atoms with van der Waals surface area (Å²) in [4.78, 5) is 28.4. The number of piperidine rings is 1. The second kappa shape index (κ2) is 5.75. The largest absolute Gasteiger partial charge is 0.342 e. The van der Waals surface area contributed by atoms with Crippen molar-refractivity contribution in [2.45, 2.75) is 39.7 Å². The van der Waals surface area contributed by atoms with E-state index in [0.29, 0.717) is 13.1 Å². The van der Waals surface area contributed by atoms with Crippen LogP contribution in [0.2, 0.25) is 0 Å². The van der Waals surface area contributed by atoms with Gasteiger partial charge >= 0.3 is 0 Å². The fourth-order valence-electron chi connectivity index (χ4n) is 3.85. The van der Waals surface area contributed by atoms with Gasteiger partial charge in [0.15, 0.2) is 0 Å². The normalized spacial score (nSPS) is 25.1. The van der Waals surface area contributed by atoms with Crippen LogP contribution in [0.25, 0.3) is 0 Å². The number of benzene rings is 1. The number of amides is 2. The fourth-order valence-corrected chi connectivity index (χ4v) is 3.85. The highest BCUT2D eigenvalue weighted by Gasteiger charge is 2.48. The van der Waals surface area contributed by atoms with E-state index in [2.05, 4.69) is 25.1 Å². The molecule has 1 atom stereocenters. The maximum atomic E-state index is 13.0. The topological polar surface area (TPSA) is 40.6 Å². The third-order valence-electron chi connectivity index (χ3n) is 5.08. The zero-order chi connectivity index (χ0) is 15.7. The lowest BCUT2D eigenvalue weighted by Crippen LogP contribution is -2.49. The molecule has 0 bridgehead atoms. The molecule has 3 rings (SSSR count). The highest BCUT2D eigenvalue weighted by molar-refractivity contribution is 5.85. The quantitative estimate of drug-likeness (QED) is 0.841. The molecular weight excluding hydrogens is 276 g/mol. The first-order chi connectivity index (χ1) is 10.5. The molecular formula is C18H24N2O2. The lowest BCUT2D eigenvalue weighted by atomic mass is 9.78. The highest BCUT2D eigenvalue weighted by atomic mass is 16.2. The first kappa shape index (κ1) is 15.1. The molecule has 0 radical (unpaired) electrons. The van der Waals surface area contributed by atoms with Crippen molar-refractivity contribution in [2.75, 3.05) is 19.6 Å². The Morgan fingerprint density at radius 2 is 2.09 bits per heavy atom. The standard InChI is InChI=1S/C18H24N2O2/c1-14-5-3-6-16(11-14)12-19-9-4-7-18(17(19)22)8-10-20(13-18)15(2)21/h3,5-6,11H,4,7-10,12-13H2,1-2H3. The van der Waals surface area contributed by atoms with Gasteiger partial charge in [-0.25, -0.2) is 0 Å². The maximum Gasteiger partial charge on any atom is 0.230 e. The lowest BCUT2D eigenvalue weighted by molar-refractivity contribution is -0.146. The molecule has 1 unspecified atom stereocenters. The van der Waals surface area contributed by atoms with Gasteiger partial charge in [-0.15, -0.1) is 0 Å².